The zero-order valence-corrected chi connectivity index (χ0v) is 11.1. The molecule has 1 nitrogen and oxygen atoms in total. The number of nitrogens with one attached hydrogen (secondary N) is 1. The fourth-order valence-corrected chi connectivity index (χ4v) is 2.35. The largest absolute Gasteiger partial charge is 0.313 e. The highest BCUT2D eigenvalue weighted by atomic mass is 79.9. The van der Waals surface area contributed by atoms with Gasteiger partial charge in [-0.25, -0.2) is 0 Å². The van der Waals surface area contributed by atoms with E-state index in [0.717, 1.165) is 15.4 Å². The average molecular weight is 289 g/mol. The highest BCUT2D eigenvalue weighted by Gasteiger charge is 2.25. The normalized spacial score (nSPS) is 17.8. The Morgan fingerprint density at radius 2 is 2.27 bits per heavy atom. The molecule has 1 N–H and O–H groups in total. The molecule has 1 saturated carbocycles. The molecule has 2 rings (SSSR count). The van der Waals surface area contributed by atoms with Crippen molar-refractivity contribution in [1.29, 1.82) is 0 Å². The van der Waals surface area contributed by atoms with Crippen LogP contribution >= 0.6 is 27.5 Å². The van der Waals surface area contributed by atoms with Crippen molar-refractivity contribution >= 4 is 27.5 Å². The van der Waals surface area contributed by atoms with E-state index in [1.165, 1.54) is 24.8 Å². The minimum Gasteiger partial charge on any atom is -0.313 e. The van der Waals surface area contributed by atoms with E-state index < -0.39 is 0 Å². The Hall–Kier alpha value is -0.0500. The third-order valence-electron chi connectivity index (χ3n) is 2.96. The summed E-state index contributed by atoms with van der Waals surface area (Å²) in [5.74, 6) is 0.928. The Kier molecular flexibility index (Phi) is 3.70. The average Bonchev–Trinajstić information content (AvgIpc) is 3.02. The van der Waals surface area contributed by atoms with E-state index in [0.29, 0.717) is 6.04 Å². The zero-order valence-electron chi connectivity index (χ0n) is 8.76. The summed E-state index contributed by atoms with van der Waals surface area (Å²) in [7, 11) is 2.02. The van der Waals surface area contributed by atoms with Gasteiger partial charge in [0.15, 0.2) is 0 Å². The standard InChI is InChI=1S/C12H15BrClN/c1-15-12(6-8-2-3-8)9-4-5-11(14)10(13)7-9/h4-5,7-8,12,15H,2-3,6H2,1H3. The molecule has 1 unspecified atom stereocenters. The van der Waals surface area contributed by atoms with E-state index in [1.807, 2.05) is 13.1 Å². The molecule has 15 heavy (non-hydrogen) atoms. The summed E-state index contributed by atoms with van der Waals surface area (Å²) >= 11 is 9.44. The smallest absolute Gasteiger partial charge is 0.0548 e. The van der Waals surface area contributed by atoms with Gasteiger partial charge in [-0.1, -0.05) is 30.5 Å². The molecule has 82 valence electrons. The van der Waals surface area contributed by atoms with Crippen LogP contribution in [0.1, 0.15) is 30.9 Å². The molecule has 0 spiro atoms. The van der Waals surface area contributed by atoms with Crippen molar-refractivity contribution in [2.24, 2.45) is 5.92 Å². The molecule has 3 heteroatoms. The van der Waals surface area contributed by atoms with Crippen molar-refractivity contribution in [1.82, 2.24) is 5.32 Å². The molecule has 1 aliphatic rings. The van der Waals surface area contributed by atoms with Crippen LogP contribution in [0.15, 0.2) is 22.7 Å². The van der Waals surface area contributed by atoms with Gasteiger partial charge >= 0.3 is 0 Å². The van der Waals surface area contributed by atoms with Crippen molar-refractivity contribution in [2.45, 2.75) is 25.3 Å². The molecule has 0 heterocycles. The first-order valence-corrected chi connectivity index (χ1v) is 6.50. The second-order valence-corrected chi connectivity index (χ2v) is 5.46. The SMILES string of the molecule is CNC(CC1CC1)c1ccc(Cl)c(Br)c1. The van der Waals surface area contributed by atoms with Gasteiger partial charge in [0.1, 0.15) is 0 Å². The van der Waals surface area contributed by atoms with Crippen LogP contribution in [-0.2, 0) is 0 Å². The summed E-state index contributed by atoms with van der Waals surface area (Å²) in [5.41, 5.74) is 1.32. The number of hydrogen-bond donors (Lipinski definition) is 1. The van der Waals surface area contributed by atoms with E-state index in [4.69, 9.17) is 11.6 Å². The third kappa shape index (κ3) is 2.96. The first kappa shape index (κ1) is 11.4. The second kappa shape index (κ2) is 4.86. The van der Waals surface area contributed by atoms with Crippen molar-refractivity contribution in [3.05, 3.63) is 33.3 Å². The Bertz CT molecular complexity index is 349. The quantitative estimate of drug-likeness (QED) is 0.877. The summed E-state index contributed by atoms with van der Waals surface area (Å²) in [5, 5.41) is 4.15. The molecule has 0 aromatic heterocycles. The number of rotatable bonds is 4. The minimum atomic E-state index is 0.464. The van der Waals surface area contributed by atoms with Crippen LogP contribution in [-0.4, -0.2) is 7.05 Å². The fourth-order valence-electron chi connectivity index (χ4n) is 1.84. The van der Waals surface area contributed by atoms with E-state index in [2.05, 4.69) is 33.4 Å². The van der Waals surface area contributed by atoms with Crippen LogP contribution < -0.4 is 5.32 Å². The number of hydrogen-bond acceptors (Lipinski definition) is 1. The predicted molar refractivity (Wildman–Crippen MR) is 68.3 cm³/mol. The van der Waals surface area contributed by atoms with Gasteiger partial charge in [-0.15, -0.1) is 0 Å². The summed E-state index contributed by atoms with van der Waals surface area (Å²) in [6.07, 6.45) is 4.03. The molecule has 0 amide bonds. The summed E-state index contributed by atoms with van der Waals surface area (Å²) < 4.78 is 0.984. The van der Waals surface area contributed by atoms with Gasteiger partial charge in [0.25, 0.3) is 0 Å². The van der Waals surface area contributed by atoms with E-state index in [-0.39, 0.29) is 0 Å². The molecule has 1 aromatic carbocycles. The van der Waals surface area contributed by atoms with Crippen molar-refractivity contribution in [3.8, 4) is 0 Å². The maximum Gasteiger partial charge on any atom is 0.0548 e. The van der Waals surface area contributed by atoms with Gasteiger partial charge < -0.3 is 5.32 Å². The highest BCUT2D eigenvalue weighted by Crippen LogP contribution is 2.38. The number of halogens is 2. The first-order chi connectivity index (χ1) is 7.20. The van der Waals surface area contributed by atoms with Crippen molar-refractivity contribution in [2.75, 3.05) is 7.05 Å². The maximum absolute atomic E-state index is 5.98. The summed E-state index contributed by atoms with van der Waals surface area (Å²) in [6.45, 7) is 0. The lowest BCUT2D eigenvalue weighted by atomic mass is 10.0. The lowest BCUT2D eigenvalue weighted by Gasteiger charge is -2.16. The van der Waals surface area contributed by atoms with Crippen LogP contribution in [0.5, 0.6) is 0 Å². The first-order valence-electron chi connectivity index (χ1n) is 5.33. The lowest BCUT2D eigenvalue weighted by molar-refractivity contribution is 0.514. The van der Waals surface area contributed by atoms with Gasteiger partial charge in [0, 0.05) is 10.5 Å². The van der Waals surface area contributed by atoms with Gasteiger partial charge in [0.2, 0.25) is 0 Å². The molecule has 1 aliphatic carbocycles. The monoisotopic (exact) mass is 287 g/mol. The van der Waals surface area contributed by atoms with Crippen molar-refractivity contribution in [3.63, 3.8) is 0 Å². The Balaban J connectivity index is 2.13. The topological polar surface area (TPSA) is 12.0 Å². The molecule has 1 fully saturated rings. The number of benzene rings is 1. The second-order valence-electron chi connectivity index (χ2n) is 4.19. The fraction of sp³-hybridized carbons (Fsp3) is 0.500. The van der Waals surface area contributed by atoms with Gasteiger partial charge in [-0.3, -0.25) is 0 Å². The molecule has 0 radical (unpaired) electrons. The molecule has 0 saturated heterocycles. The van der Waals surface area contributed by atoms with Crippen molar-refractivity contribution < 1.29 is 0 Å². The molecule has 1 atom stereocenters. The minimum absolute atomic E-state index is 0.464. The Morgan fingerprint density at radius 3 is 2.80 bits per heavy atom. The van der Waals surface area contributed by atoms with E-state index in [9.17, 15) is 0 Å². The van der Waals surface area contributed by atoms with Crippen LogP contribution in [0.25, 0.3) is 0 Å². The Labute approximate surface area is 104 Å². The zero-order chi connectivity index (χ0) is 10.8. The lowest BCUT2D eigenvalue weighted by Crippen LogP contribution is -2.16. The molecular weight excluding hydrogens is 273 g/mol. The van der Waals surface area contributed by atoms with Gasteiger partial charge in [0.05, 0.1) is 5.02 Å². The van der Waals surface area contributed by atoms with Crippen LogP contribution in [0, 0.1) is 5.92 Å². The van der Waals surface area contributed by atoms with Crippen LogP contribution in [0.4, 0.5) is 0 Å². The molecule has 0 bridgehead atoms. The van der Waals surface area contributed by atoms with Crippen LogP contribution in [0.2, 0.25) is 5.02 Å². The highest BCUT2D eigenvalue weighted by molar-refractivity contribution is 9.10. The summed E-state index contributed by atoms with van der Waals surface area (Å²) in [4.78, 5) is 0. The summed E-state index contributed by atoms with van der Waals surface area (Å²) in [6, 6.07) is 6.65. The van der Waals surface area contributed by atoms with Gasteiger partial charge in [-0.05, 0) is 53.0 Å². The molecule has 1 aromatic rings. The maximum atomic E-state index is 5.98. The van der Waals surface area contributed by atoms with E-state index >= 15 is 0 Å². The predicted octanol–water partition coefficient (Wildman–Crippen LogP) is 4.16. The third-order valence-corrected chi connectivity index (χ3v) is 4.17. The molecule has 0 aliphatic heterocycles. The van der Waals surface area contributed by atoms with Crippen LogP contribution in [0.3, 0.4) is 0 Å². The van der Waals surface area contributed by atoms with Gasteiger partial charge in [-0.2, -0.15) is 0 Å². The molecular formula is C12H15BrClN. The van der Waals surface area contributed by atoms with E-state index in [1.54, 1.807) is 0 Å². The Morgan fingerprint density at radius 1 is 1.53 bits per heavy atom.